The summed E-state index contributed by atoms with van der Waals surface area (Å²) in [7, 11) is 1.43. The number of nitro groups is 1. The largest absolute Gasteiger partial charge is 0.507 e. The number of amides is 1. The lowest BCUT2D eigenvalue weighted by Crippen LogP contribution is -2.49. The van der Waals surface area contributed by atoms with Gasteiger partial charge < -0.3 is 19.6 Å². The number of carbonyl (C=O) groups excluding carboxylic acids is 1. The first-order valence-corrected chi connectivity index (χ1v) is 8.88. The highest BCUT2D eigenvalue weighted by atomic mass is 19.4. The van der Waals surface area contributed by atoms with Crippen molar-refractivity contribution in [2.75, 3.05) is 38.2 Å². The lowest BCUT2D eigenvalue weighted by Gasteiger charge is -2.36. The molecule has 0 atom stereocenters. The summed E-state index contributed by atoms with van der Waals surface area (Å²) in [6.45, 7) is 0.715. The number of nitrogens with zero attached hydrogens (tertiary/aromatic N) is 3. The maximum atomic E-state index is 12.9. The predicted octanol–water partition coefficient (Wildman–Crippen LogP) is 3.29. The molecule has 0 aromatic heterocycles. The zero-order chi connectivity index (χ0) is 22.1. The Bertz CT molecular complexity index is 972. The molecule has 0 bridgehead atoms. The van der Waals surface area contributed by atoms with Gasteiger partial charge in [-0.15, -0.1) is 0 Å². The van der Waals surface area contributed by atoms with Crippen LogP contribution in [0.2, 0.25) is 0 Å². The second-order valence-electron chi connectivity index (χ2n) is 6.62. The Balaban J connectivity index is 1.77. The van der Waals surface area contributed by atoms with Crippen LogP contribution in [0.25, 0.3) is 0 Å². The first-order valence-electron chi connectivity index (χ1n) is 8.88. The van der Waals surface area contributed by atoms with Crippen molar-refractivity contribution >= 4 is 17.3 Å². The van der Waals surface area contributed by atoms with Crippen molar-refractivity contribution in [2.24, 2.45) is 0 Å². The van der Waals surface area contributed by atoms with E-state index in [1.54, 1.807) is 4.90 Å². The highest BCUT2D eigenvalue weighted by Crippen LogP contribution is 2.37. The van der Waals surface area contributed by atoms with Crippen molar-refractivity contribution in [3.63, 3.8) is 0 Å². The van der Waals surface area contributed by atoms with Gasteiger partial charge in [0.2, 0.25) is 0 Å². The highest BCUT2D eigenvalue weighted by molar-refractivity contribution is 5.97. The topological polar surface area (TPSA) is 96.2 Å². The third-order valence-corrected chi connectivity index (χ3v) is 4.84. The van der Waals surface area contributed by atoms with Gasteiger partial charge in [-0.1, -0.05) is 0 Å². The molecular weight excluding hydrogens is 407 g/mol. The molecule has 30 heavy (non-hydrogen) atoms. The molecule has 8 nitrogen and oxygen atoms in total. The van der Waals surface area contributed by atoms with E-state index in [2.05, 4.69) is 0 Å². The molecule has 0 spiro atoms. The van der Waals surface area contributed by atoms with Crippen LogP contribution in [0, 0.1) is 10.1 Å². The van der Waals surface area contributed by atoms with Crippen molar-refractivity contribution in [1.29, 1.82) is 0 Å². The number of hydrogen-bond acceptors (Lipinski definition) is 6. The summed E-state index contributed by atoms with van der Waals surface area (Å²) in [5, 5.41) is 21.3. The Kier molecular flexibility index (Phi) is 5.72. The molecule has 0 radical (unpaired) electrons. The van der Waals surface area contributed by atoms with Crippen LogP contribution in [0.4, 0.5) is 24.5 Å². The summed E-state index contributed by atoms with van der Waals surface area (Å²) in [6, 6.07) is 6.65. The van der Waals surface area contributed by atoms with Crippen molar-refractivity contribution in [3.05, 3.63) is 57.6 Å². The standard InChI is InChI=1S/C19H18F3N3O5/c1-30-13-3-5-17(26)14(11-13)18(27)24-8-6-23(7-9-24)15-4-2-12(19(20,21)22)10-16(15)25(28)29/h2-5,10-11,26H,6-9H2,1H3. The number of carbonyl (C=O) groups is 1. The van der Waals surface area contributed by atoms with Gasteiger partial charge in [0.25, 0.3) is 11.6 Å². The van der Waals surface area contributed by atoms with E-state index in [0.717, 1.165) is 12.1 Å². The van der Waals surface area contributed by atoms with Crippen molar-refractivity contribution in [3.8, 4) is 11.5 Å². The number of ether oxygens (including phenoxy) is 1. The van der Waals surface area contributed by atoms with E-state index >= 15 is 0 Å². The quantitative estimate of drug-likeness (QED) is 0.597. The Labute approximate surface area is 169 Å². The molecule has 1 aliphatic heterocycles. The summed E-state index contributed by atoms with van der Waals surface area (Å²) in [5.74, 6) is -0.246. The van der Waals surface area contributed by atoms with Gasteiger partial charge >= 0.3 is 6.18 Å². The van der Waals surface area contributed by atoms with E-state index in [9.17, 15) is 33.2 Å². The lowest BCUT2D eigenvalue weighted by molar-refractivity contribution is -0.384. The van der Waals surface area contributed by atoms with E-state index in [-0.39, 0.29) is 43.2 Å². The number of phenols is 1. The average molecular weight is 425 g/mol. The number of piperazine rings is 1. The second-order valence-corrected chi connectivity index (χ2v) is 6.62. The van der Waals surface area contributed by atoms with Gasteiger partial charge in [-0.2, -0.15) is 13.2 Å². The van der Waals surface area contributed by atoms with Crippen LogP contribution >= 0.6 is 0 Å². The van der Waals surface area contributed by atoms with E-state index < -0.39 is 28.3 Å². The van der Waals surface area contributed by atoms with Crippen molar-refractivity contribution < 1.29 is 32.7 Å². The molecular formula is C19H18F3N3O5. The Hall–Kier alpha value is -3.50. The first kappa shape index (κ1) is 21.2. The van der Waals surface area contributed by atoms with Crippen LogP contribution in [-0.2, 0) is 6.18 Å². The SMILES string of the molecule is COc1ccc(O)c(C(=O)N2CCN(c3ccc(C(F)(F)F)cc3[N+](=O)[O-])CC2)c1. The number of phenolic OH excluding ortho intramolecular Hbond substituents is 1. The molecule has 0 saturated carbocycles. The van der Waals surface area contributed by atoms with Gasteiger partial charge in [0.15, 0.2) is 0 Å². The molecule has 3 rings (SSSR count). The molecule has 1 aliphatic rings. The van der Waals surface area contributed by atoms with Crippen LogP contribution in [0.5, 0.6) is 11.5 Å². The number of hydrogen-bond donors (Lipinski definition) is 1. The third-order valence-electron chi connectivity index (χ3n) is 4.84. The molecule has 1 N–H and O–H groups in total. The average Bonchev–Trinajstić information content (AvgIpc) is 2.72. The summed E-state index contributed by atoms with van der Waals surface area (Å²) >= 11 is 0. The molecule has 1 fully saturated rings. The Morgan fingerprint density at radius 3 is 2.37 bits per heavy atom. The number of rotatable bonds is 4. The number of alkyl halides is 3. The van der Waals surface area contributed by atoms with Gasteiger partial charge in [-0.05, 0) is 30.3 Å². The zero-order valence-corrected chi connectivity index (χ0v) is 15.8. The predicted molar refractivity (Wildman–Crippen MR) is 101 cm³/mol. The number of aromatic hydroxyl groups is 1. The van der Waals surface area contributed by atoms with Crippen LogP contribution < -0.4 is 9.64 Å². The smallest absolute Gasteiger partial charge is 0.416 e. The molecule has 1 saturated heterocycles. The fraction of sp³-hybridized carbons (Fsp3) is 0.316. The lowest BCUT2D eigenvalue weighted by atomic mass is 10.1. The maximum Gasteiger partial charge on any atom is 0.416 e. The minimum Gasteiger partial charge on any atom is -0.507 e. The van der Waals surface area contributed by atoms with Gasteiger partial charge in [0.05, 0.1) is 23.2 Å². The number of anilines is 1. The summed E-state index contributed by atoms with van der Waals surface area (Å²) in [5.41, 5.74) is -1.62. The molecule has 1 amide bonds. The van der Waals surface area contributed by atoms with Crippen LogP contribution in [0.1, 0.15) is 15.9 Å². The Morgan fingerprint density at radius 1 is 1.13 bits per heavy atom. The molecule has 160 valence electrons. The molecule has 2 aromatic carbocycles. The Morgan fingerprint density at radius 2 is 1.80 bits per heavy atom. The number of halogens is 3. The summed E-state index contributed by atoms with van der Waals surface area (Å²) < 4.78 is 43.7. The van der Waals surface area contributed by atoms with Crippen molar-refractivity contribution in [2.45, 2.75) is 6.18 Å². The zero-order valence-electron chi connectivity index (χ0n) is 15.8. The van der Waals surface area contributed by atoms with E-state index in [1.807, 2.05) is 0 Å². The van der Waals surface area contributed by atoms with Gasteiger partial charge in [0.1, 0.15) is 17.2 Å². The van der Waals surface area contributed by atoms with E-state index in [4.69, 9.17) is 4.74 Å². The third kappa shape index (κ3) is 4.24. The first-order chi connectivity index (χ1) is 14.1. The molecule has 2 aromatic rings. The summed E-state index contributed by atoms with van der Waals surface area (Å²) in [6.07, 6.45) is -4.69. The highest BCUT2D eigenvalue weighted by Gasteiger charge is 2.34. The van der Waals surface area contributed by atoms with Gasteiger partial charge in [-0.25, -0.2) is 0 Å². The summed E-state index contributed by atoms with van der Waals surface area (Å²) in [4.78, 5) is 26.2. The second kappa shape index (κ2) is 8.09. The molecule has 0 unspecified atom stereocenters. The fourth-order valence-corrected chi connectivity index (χ4v) is 3.25. The monoisotopic (exact) mass is 425 g/mol. The fourth-order valence-electron chi connectivity index (χ4n) is 3.25. The minimum absolute atomic E-state index is 0.0586. The number of nitro benzene ring substituents is 1. The minimum atomic E-state index is -4.69. The van der Waals surface area contributed by atoms with Crippen molar-refractivity contribution in [1.82, 2.24) is 4.90 Å². The molecule has 1 heterocycles. The van der Waals surface area contributed by atoms with Crippen LogP contribution in [0.3, 0.4) is 0 Å². The molecule has 11 heteroatoms. The molecule has 0 aliphatic carbocycles. The number of methoxy groups -OCH3 is 1. The van der Waals surface area contributed by atoms with E-state index in [1.165, 1.54) is 30.2 Å². The normalized spacial score (nSPS) is 14.5. The van der Waals surface area contributed by atoms with Crippen LogP contribution in [0.15, 0.2) is 36.4 Å². The van der Waals surface area contributed by atoms with Crippen LogP contribution in [-0.4, -0.2) is 54.1 Å². The number of benzene rings is 2. The van der Waals surface area contributed by atoms with Gasteiger partial charge in [-0.3, -0.25) is 14.9 Å². The van der Waals surface area contributed by atoms with E-state index in [0.29, 0.717) is 11.8 Å². The maximum absolute atomic E-state index is 12.9. The van der Waals surface area contributed by atoms with Gasteiger partial charge in [0, 0.05) is 32.2 Å².